The zero-order valence-electron chi connectivity index (χ0n) is 16.1. The molecule has 0 aliphatic rings. The van der Waals surface area contributed by atoms with Crippen LogP contribution in [0.2, 0.25) is 0 Å². The van der Waals surface area contributed by atoms with Gasteiger partial charge in [-0.1, -0.05) is 30.3 Å². The number of benzene rings is 2. The third kappa shape index (κ3) is 5.77. The quantitative estimate of drug-likeness (QED) is 0.717. The molecule has 5 nitrogen and oxygen atoms in total. The van der Waals surface area contributed by atoms with Gasteiger partial charge in [-0.2, -0.15) is 0 Å². The number of nitrogens with one attached hydrogen (secondary N) is 2. The summed E-state index contributed by atoms with van der Waals surface area (Å²) in [6.45, 7) is 1.51. The fourth-order valence-corrected chi connectivity index (χ4v) is 2.86. The van der Waals surface area contributed by atoms with E-state index in [9.17, 15) is 4.79 Å². The summed E-state index contributed by atoms with van der Waals surface area (Å²) in [5.41, 5.74) is 3.50. The largest absolute Gasteiger partial charge is 0.493 e. The number of aryl methyl sites for hydroxylation is 1. The van der Waals surface area contributed by atoms with Crippen LogP contribution < -0.4 is 19.7 Å². The molecule has 0 bridgehead atoms. The molecule has 0 fully saturated rings. The molecule has 2 aromatic rings. The van der Waals surface area contributed by atoms with E-state index >= 15 is 0 Å². The van der Waals surface area contributed by atoms with Crippen molar-refractivity contribution < 1.29 is 19.2 Å². The van der Waals surface area contributed by atoms with Crippen LogP contribution in [0.3, 0.4) is 0 Å². The number of hydrogen-bond donors (Lipinski definition) is 2. The molecule has 0 atom stereocenters. The lowest BCUT2D eigenvalue weighted by Gasteiger charge is -2.13. The summed E-state index contributed by atoms with van der Waals surface area (Å²) in [6, 6.07) is 14.0. The highest BCUT2D eigenvalue weighted by atomic mass is 16.5. The SMILES string of the molecule is COc1ccc(CCC(=O)NCc2ccccc2C[NH+](C)C)cc1OC. The second-order valence-corrected chi connectivity index (χ2v) is 6.62. The summed E-state index contributed by atoms with van der Waals surface area (Å²) in [5.74, 6) is 1.43. The van der Waals surface area contributed by atoms with Crippen LogP contribution in [-0.4, -0.2) is 34.2 Å². The Labute approximate surface area is 155 Å². The van der Waals surface area contributed by atoms with E-state index in [1.54, 1.807) is 14.2 Å². The molecule has 0 saturated carbocycles. The highest BCUT2D eigenvalue weighted by Crippen LogP contribution is 2.27. The maximum Gasteiger partial charge on any atom is 0.220 e. The van der Waals surface area contributed by atoms with Crippen molar-refractivity contribution in [1.29, 1.82) is 0 Å². The van der Waals surface area contributed by atoms with Gasteiger partial charge in [0.2, 0.25) is 5.91 Å². The third-order valence-electron chi connectivity index (χ3n) is 4.23. The Morgan fingerprint density at radius 3 is 2.35 bits per heavy atom. The molecule has 0 saturated heterocycles. The molecule has 0 aliphatic carbocycles. The van der Waals surface area contributed by atoms with Crippen LogP contribution in [-0.2, 0) is 24.3 Å². The summed E-state index contributed by atoms with van der Waals surface area (Å²) in [5, 5.41) is 3.03. The number of quaternary nitrogens is 1. The predicted molar refractivity (Wildman–Crippen MR) is 103 cm³/mol. The van der Waals surface area contributed by atoms with Crippen LogP contribution in [0.4, 0.5) is 0 Å². The highest BCUT2D eigenvalue weighted by molar-refractivity contribution is 5.76. The molecule has 1 amide bonds. The summed E-state index contributed by atoms with van der Waals surface area (Å²) < 4.78 is 10.5. The number of carbonyl (C=O) groups is 1. The van der Waals surface area contributed by atoms with Gasteiger partial charge in [-0.05, 0) is 29.7 Å². The van der Waals surface area contributed by atoms with Crippen LogP contribution in [0.15, 0.2) is 42.5 Å². The van der Waals surface area contributed by atoms with E-state index in [2.05, 4.69) is 31.5 Å². The third-order valence-corrected chi connectivity index (χ3v) is 4.23. The van der Waals surface area contributed by atoms with Crippen LogP contribution in [0.5, 0.6) is 11.5 Å². The van der Waals surface area contributed by atoms with E-state index in [0.29, 0.717) is 30.9 Å². The topological polar surface area (TPSA) is 52.0 Å². The molecule has 0 aliphatic heterocycles. The minimum Gasteiger partial charge on any atom is -0.493 e. The lowest BCUT2D eigenvalue weighted by Crippen LogP contribution is -3.04. The van der Waals surface area contributed by atoms with Gasteiger partial charge in [0.1, 0.15) is 6.54 Å². The number of rotatable bonds is 9. The zero-order valence-corrected chi connectivity index (χ0v) is 16.1. The van der Waals surface area contributed by atoms with Gasteiger partial charge in [0, 0.05) is 18.5 Å². The van der Waals surface area contributed by atoms with E-state index in [1.807, 2.05) is 30.3 Å². The van der Waals surface area contributed by atoms with Gasteiger partial charge < -0.3 is 19.7 Å². The van der Waals surface area contributed by atoms with E-state index in [0.717, 1.165) is 12.1 Å². The van der Waals surface area contributed by atoms with E-state index in [1.165, 1.54) is 16.0 Å². The van der Waals surface area contributed by atoms with Crippen LogP contribution in [0.1, 0.15) is 23.1 Å². The minimum atomic E-state index is 0.0480. The molecule has 0 spiro atoms. The predicted octanol–water partition coefficient (Wildman–Crippen LogP) is 1.60. The number of amides is 1. The van der Waals surface area contributed by atoms with Crippen molar-refractivity contribution in [2.24, 2.45) is 0 Å². The molecule has 2 aromatic carbocycles. The Hall–Kier alpha value is -2.53. The van der Waals surface area contributed by atoms with Gasteiger partial charge in [0.25, 0.3) is 0 Å². The van der Waals surface area contributed by atoms with Crippen LogP contribution in [0.25, 0.3) is 0 Å². The first-order valence-electron chi connectivity index (χ1n) is 8.87. The first-order valence-corrected chi connectivity index (χ1v) is 8.87. The fourth-order valence-electron chi connectivity index (χ4n) is 2.86. The van der Waals surface area contributed by atoms with Gasteiger partial charge in [0.05, 0.1) is 28.3 Å². The number of carbonyl (C=O) groups excluding carboxylic acids is 1. The number of hydrogen-bond acceptors (Lipinski definition) is 3. The molecule has 5 heteroatoms. The van der Waals surface area contributed by atoms with Gasteiger partial charge in [-0.25, -0.2) is 0 Å². The number of methoxy groups -OCH3 is 2. The van der Waals surface area contributed by atoms with Crippen LogP contribution >= 0.6 is 0 Å². The summed E-state index contributed by atoms with van der Waals surface area (Å²) in [6.07, 6.45) is 1.10. The Morgan fingerprint density at radius 2 is 1.69 bits per heavy atom. The molecule has 140 valence electrons. The standard InChI is InChI=1S/C21H28N2O3/c1-23(2)15-18-8-6-5-7-17(18)14-22-21(24)12-10-16-9-11-19(25-3)20(13-16)26-4/h5-9,11,13H,10,12,14-15H2,1-4H3,(H,22,24)/p+1. The fraction of sp³-hybridized carbons (Fsp3) is 0.381. The maximum atomic E-state index is 12.2. The summed E-state index contributed by atoms with van der Waals surface area (Å²) in [7, 11) is 7.47. The van der Waals surface area contributed by atoms with Crippen molar-refractivity contribution in [2.75, 3.05) is 28.3 Å². The molecular formula is C21H29N2O3+. The molecule has 2 rings (SSSR count). The Kier molecular flexibility index (Phi) is 7.48. The Morgan fingerprint density at radius 1 is 1.00 bits per heavy atom. The maximum absolute atomic E-state index is 12.2. The molecule has 0 heterocycles. The van der Waals surface area contributed by atoms with Crippen molar-refractivity contribution in [3.8, 4) is 11.5 Å². The molecule has 2 N–H and O–H groups in total. The lowest BCUT2D eigenvalue weighted by atomic mass is 10.1. The van der Waals surface area contributed by atoms with Gasteiger partial charge in [0.15, 0.2) is 11.5 Å². The smallest absolute Gasteiger partial charge is 0.220 e. The van der Waals surface area contributed by atoms with Gasteiger partial charge in [-0.3, -0.25) is 4.79 Å². The van der Waals surface area contributed by atoms with Gasteiger partial charge >= 0.3 is 0 Å². The van der Waals surface area contributed by atoms with Crippen molar-refractivity contribution in [3.63, 3.8) is 0 Å². The molecule has 0 aromatic heterocycles. The Balaban J connectivity index is 1.88. The lowest BCUT2D eigenvalue weighted by molar-refractivity contribution is -0.872. The summed E-state index contributed by atoms with van der Waals surface area (Å²) in [4.78, 5) is 13.6. The monoisotopic (exact) mass is 357 g/mol. The second kappa shape index (κ2) is 9.82. The normalized spacial score (nSPS) is 10.7. The molecule has 26 heavy (non-hydrogen) atoms. The Bertz CT molecular complexity index is 729. The van der Waals surface area contributed by atoms with Crippen molar-refractivity contribution >= 4 is 5.91 Å². The van der Waals surface area contributed by atoms with Crippen molar-refractivity contribution in [3.05, 3.63) is 59.2 Å². The van der Waals surface area contributed by atoms with Crippen molar-refractivity contribution in [2.45, 2.75) is 25.9 Å². The first kappa shape index (κ1) is 19.8. The molecular weight excluding hydrogens is 328 g/mol. The van der Waals surface area contributed by atoms with E-state index < -0.39 is 0 Å². The van der Waals surface area contributed by atoms with Crippen LogP contribution in [0, 0.1) is 0 Å². The van der Waals surface area contributed by atoms with E-state index in [4.69, 9.17) is 9.47 Å². The van der Waals surface area contributed by atoms with Gasteiger partial charge in [-0.15, -0.1) is 0 Å². The molecule has 0 unspecified atom stereocenters. The molecule has 0 radical (unpaired) electrons. The second-order valence-electron chi connectivity index (χ2n) is 6.62. The highest BCUT2D eigenvalue weighted by Gasteiger charge is 2.09. The number of ether oxygens (including phenoxy) is 2. The average Bonchev–Trinajstić information content (AvgIpc) is 2.64. The van der Waals surface area contributed by atoms with E-state index in [-0.39, 0.29) is 5.91 Å². The summed E-state index contributed by atoms with van der Waals surface area (Å²) >= 11 is 0. The zero-order chi connectivity index (χ0) is 18.9. The minimum absolute atomic E-state index is 0.0480. The van der Waals surface area contributed by atoms with Crippen molar-refractivity contribution in [1.82, 2.24) is 5.32 Å². The first-order chi connectivity index (χ1) is 12.5. The average molecular weight is 357 g/mol.